The van der Waals surface area contributed by atoms with E-state index in [9.17, 15) is 9.81 Å². The number of hydrogen-bond donors (Lipinski definition) is 0. The lowest BCUT2D eigenvalue weighted by Crippen LogP contribution is -2.25. The van der Waals surface area contributed by atoms with Gasteiger partial charge in [-0.15, -0.1) is 11.3 Å². The molecule has 1 atom stereocenters. The smallest absolute Gasteiger partial charge is 0.155 e. The fourth-order valence-electron chi connectivity index (χ4n) is 3.74. The van der Waals surface area contributed by atoms with Crippen LogP contribution in [-0.4, -0.2) is 19.9 Å². The van der Waals surface area contributed by atoms with E-state index in [0.717, 1.165) is 39.4 Å². The molecule has 29 heavy (non-hydrogen) atoms. The Bertz CT molecular complexity index is 977. The molecule has 6 heteroatoms. The van der Waals surface area contributed by atoms with Crippen LogP contribution in [0.3, 0.4) is 0 Å². The van der Waals surface area contributed by atoms with Crippen molar-refractivity contribution < 1.29 is 4.55 Å². The minimum Gasteiger partial charge on any atom is -0.615 e. The van der Waals surface area contributed by atoms with Gasteiger partial charge in [0.2, 0.25) is 0 Å². The van der Waals surface area contributed by atoms with Crippen molar-refractivity contribution in [2.75, 3.05) is 5.08 Å². The highest BCUT2D eigenvalue weighted by Crippen LogP contribution is 2.42. The van der Waals surface area contributed by atoms with Crippen molar-refractivity contribution in [2.24, 2.45) is 0 Å². The summed E-state index contributed by atoms with van der Waals surface area (Å²) >= 11 is 2.35. The zero-order valence-electron chi connectivity index (χ0n) is 16.0. The van der Waals surface area contributed by atoms with E-state index in [1.165, 1.54) is 19.3 Å². The maximum Gasteiger partial charge on any atom is 0.155 e. The van der Waals surface area contributed by atoms with Gasteiger partial charge in [-0.25, -0.2) is 0 Å². The number of thiophene rings is 1. The van der Waals surface area contributed by atoms with E-state index in [4.69, 9.17) is 0 Å². The number of rotatable bonds is 6. The lowest BCUT2D eigenvalue weighted by atomic mass is 10.0. The van der Waals surface area contributed by atoms with E-state index in [2.05, 4.69) is 17.1 Å². The molecule has 0 bridgehead atoms. The molecular weight excluding hydrogens is 416 g/mol. The third-order valence-electron chi connectivity index (χ3n) is 5.22. The Morgan fingerprint density at radius 1 is 1.14 bits per heavy atom. The molecule has 1 saturated carbocycles. The standard InChI is InChI=1S/C23H22N2OS3/c24-14-18-15-25-22(20-12-7-13-27-20)23(21(18)17-8-3-1-4-9-17)28-16-29(26)19-10-5-2-6-11-19/h1,3-4,7-9,12-13,15,19H,2,5-6,10-11,16H2. The third kappa shape index (κ3) is 4.70. The molecule has 4 rings (SSSR count). The molecule has 0 radical (unpaired) electrons. The molecule has 3 nitrogen and oxygen atoms in total. The minimum atomic E-state index is -0.880. The maximum absolute atomic E-state index is 13.0. The molecular formula is C23H22N2OS3. The summed E-state index contributed by atoms with van der Waals surface area (Å²) < 4.78 is 13.0. The Morgan fingerprint density at radius 3 is 2.62 bits per heavy atom. The largest absolute Gasteiger partial charge is 0.615 e. The Morgan fingerprint density at radius 2 is 1.93 bits per heavy atom. The van der Waals surface area contributed by atoms with Crippen molar-refractivity contribution in [3.05, 3.63) is 59.6 Å². The normalized spacial score (nSPS) is 15.7. The Hall–Kier alpha value is -1.78. The second-order valence-corrected chi connectivity index (χ2v) is 11.1. The SMILES string of the molecule is N#Cc1cnc(-c2cccs2)c(SC[S+]([O-])C2CCCCC2)c1-c1ccccc1. The molecule has 0 amide bonds. The van der Waals surface area contributed by atoms with Crippen LogP contribution in [0.15, 0.2) is 58.9 Å². The number of hydrogen-bond acceptors (Lipinski definition) is 5. The first-order valence-electron chi connectivity index (χ1n) is 9.80. The van der Waals surface area contributed by atoms with Crippen molar-refractivity contribution in [1.82, 2.24) is 4.98 Å². The molecule has 1 unspecified atom stereocenters. The highest BCUT2D eigenvalue weighted by molar-refractivity contribution is 8.12. The molecule has 1 aliphatic rings. The summed E-state index contributed by atoms with van der Waals surface area (Å²) in [5, 5.41) is 12.6. The van der Waals surface area contributed by atoms with Crippen molar-refractivity contribution in [2.45, 2.75) is 42.2 Å². The average Bonchev–Trinajstić information content (AvgIpc) is 3.32. The Balaban J connectivity index is 1.73. The molecule has 2 aromatic heterocycles. The van der Waals surface area contributed by atoms with E-state index in [1.54, 1.807) is 29.3 Å². The summed E-state index contributed by atoms with van der Waals surface area (Å²) in [5.41, 5.74) is 3.33. The third-order valence-corrected chi connectivity index (χ3v) is 9.39. The predicted molar refractivity (Wildman–Crippen MR) is 123 cm³/mol. The van der Waals surface area contributed by atoms with Crippen molar-refractivity contribution in [3.8, 4) is 27.8 Å². The van der Waals surface area contributed by atoms with Crippen LogP contribution in [0.2, 0.25) is 0 Å². The quantitative estimate of drug-likeness (QED) is 0.326. The highest BCUT2D eigenvalue weighted by Gasteiger charge is 2.27. The number of benzene rings is 1. The van der Waals surface area contributed by atoms with Crippen LogP contribution in [0.25, 0.3) is 21.7 Å². The molecule has 0 aliphatic heterocycles. The highest BCUT2D eigenvalue weighted by atomic mass is 32.3. The second kappa shape index (κ2) is 9.82. The summed E-state index contributed by atoms with van der Waals surface area (Å²) in [6.45, 7) is 0. The van der Waals surface area contributed by atoms with Crippen LogP contribution in [0.5, 0.6) is 0 Å². The summed E-state index contributed by atoms with van der Waals surface area (Å²) in [5.74, 6) is 0. The molecule has 0 N–H and O–H groups in total. The number of pyridine rings is 1. The first-order valence-corrected chi connectivity index (χ1v) is 13.0. The van der Waals surface area contributed by atoms with E-state index in [1.807, 2.05) is 41.8 Å². The first kappa shape index (κ1) is 20.5. The first-order chi connectivity index (χ1) is 14.3. The van der Waals surface area contributed by atoms with Gasteiger partial charge in [0.1, 0.15) is 11.3 Å². The van der Waals surface area contributed by atoms with Gasteiger partial charge in [0.05, 0.1) is 16.1 Å². The number of nitrogens with zero attached hydrogens (tertiary/aromatic N) is 2. The molecule has 0 saturated heterocycles. The number of thioether (sulfide) groups is 1. The fourth-order valence-corrected chi connectivity index (χ4v) is 7.77. The molecule has 1 aromatic carbocycles. The molecule has 3 aromatic rings. The lowest BCUT2D eigenvalue weighted by Gasteiger charge is -2.25. The van der Waals surface area contributed by atoms with Gasteiger partial charge in [-0.05, 0) is 53.9 Å². The molecule has 1 fully saturated rings. The van der Waals surface area contributed by atoms with Crippen molar-refractivity contribution >= 4 is 34.3 Å². The lowest BCUT2D eigenvalue weighted by molar-refractivity contribution is 0.485. The monoisotopic (exact) mass is 438 g/mol. The average molecular weight is 439 g/mol. The Kier molecular flexibility index (Phi) is 6.94. The Labute approximate surface area is 183 Å². The topological polar surface area (TPSA) is 59.7 Å². The van der Waals surface area contributed by atoms with Gasteiger partial charge < -0.3 is 4.55 Å². The number of nitriles is 1. The second-order valence-electron chi connectivity index (χ2n) is 7.08. The summed E-state index contributed by atoms with van der Waals surface area (Å²) in [6, 6.07) is 16.4. The van der Waals surface area contributed by atoms with Crippen molar-refractivity contribution in [1.29, 1.82) is 5.26 Å². The molecule has 0 spiro atoms. The minimum absolute atomic E-state index is 0.300. The predicted octanol–water partition coefficient (Wildman–Crippen LogP) is 6.48. The molecule has 1 aliphatic carbocycles. The summed E-state index contributed by atoms with van der Waals surface area (Å²) in [6.07, 6.45) is 7.42. The van der Waals surface area contributed by atoms with Crippen LogP contribution in [-0.2, 0) is 11.2 Å². The summed E-state index contributed by atoms with van der Waals surface area (Å²) in [7, 11) is 0. The van der Waals surface area contributed by atoms with Crippen LogP contribution in [0.1, 0.15) is 37.7 Å². The van der Waals surface area contributed by atoms with Gasteiger partial charge in [-0.3, -0.25) is 4.98 Å². The van der Waals surface area contributed by atoms with E-state index in [-0.39, 0.29) is 0 Å². The van der Waals surface area contributed by atoms with Crippen LogP contribution in [0.4, 0.5) is 0 Å². The van der Waals surface area contributed by atoms with Gasteiger partial charge in [0.15, 0.2) is 5.08 Å². The molecule has 2 heterocycles. The van der Waals surface area contributed by atoms with Crippen LogP contribution >= 0.6 is 23.1 Å². The van der Waals surface area contributed by atoms with E-state index >= 15 is 0 Å². The van der Waals surface area contributed by atoms with Crippen molar-refractivity contribution in [3.63, 3.8) is 0 Å². The maximum atomic E-state index is 13.0. The zero-order chi connectivity index (χ0) is 20.1. The zero-order valence-corrected chi connectivity index (χ0v) is 18.5. The van der Waals surface area contributed by atoms with Crippen LogP contribution in [0, 0.1) is 11.3 Å². The van der Waals surface area contributed by atoms with Gasteiger partial charge in [0.25, 0.3) is 0 Å². The molecule has 148 valence electrons. The van der Waals surface area contributed by atoms with E-state index in [0.29, 0.717) is 15.9 Å². The van der Waals surface area contributed by atoms with Gasteiger partial charge in [0, 0.05) is 16.7 Å². The van der Waals surface area contributed by atoms with Gasteiger partial charge in [-0.2, -0.15) is 5.26 Å². The van der Waals surface area contributed by atoms with Crippen LogP contribution < -0.4 is 0 Å². The fraction of sp³-hybridized carbons (Fsp3) is 0.304. The van der Waals surface area contributed by atoms with Gasteiger partial charge >= 0.3 is 0 Å². The van der Waals surface area contributed by atoms with E-state index < -0.39 is 11.2 Å². The summed E-state index contributed by atoms with van der Waals surface area (Å²) in [4.78, 5) is 6.66. The van der Waals surface area contributed by atoms with Gasteiger partial charge in [-0.1, -0.05) is 54.6 Å². The number of aromatic nitrogens is 1.